The van der Waals surface area contributed by atoms with E-state index < -0.39 is 0 Å². The van der Waals surface area contributed by atoms with Gasteiger partial charge in [0, 0.05) is 5.56 Å². The van der Waals surface area contributed by atoms with Crippen molar-refractivity contribution >= 4 is 11.6 Å². The zero-order chi connectivity index (χ0) is 15.2. The zero-order valence-corrected chi connectivity index (χ0v) is 12.6. The van der Waals surface area contributed by atoms with Crippen LogP contribution >= 0.6 is 0 Å². The van der Waals surface area contributed by atoms with E-state index >= 15 is 0 Å². The first-order chi connectivity index (χ1) is 10.9. The molecule has 0 aliphatic rings. The van der Waals surface area contributed by atoms with Crippen LogP contribution in [0.4, 0.5) is 0 Å². The van der Waals surface area contributed by atoms with Crippen LogP contribution in [-0.4, -0.2) is 7.11 Å². The maximum absolute atomic E-state index is 5.54. The largest absolute Gasteiger partial charge is 0.496 e. The minimum atomic E-state index is 0.883. The van der Waals surface area contributed by atoms with Gasteiger partial charge < -0.3 is 4.74 Å². The lowest BCUT2D eigenvalue weighted by atomic mass is 9.95. The highest BCUT2D eigenvalue weighted by Gasteiger charge is 2.10. The SMILES string of the molecule is COc1ccccc1/C(=C/c1ccccc1)c1ccccc1. The Balaban J connectivity index is 2.18. The van der Waals surface area contributed by atoms with E-state index in [2.05, 4.69) is 60.7 Å². The molecule has 3 rings (SSSR count). The van der Waals surface area contributed by atoms with Crippen molar-refractivity contribution in [3.63, 3.8) is 0 Å². The summed E-state index contributed by atoms with van der Waals surface area (Å²) in [7, 11) is 1.71. The smallest absolute Gasteiger partial charge is 0.126 e. The molecule has 0 fully saturated rings. The highest BCUT2D eigenvalue weighted by Crippen LogP contribution is 2.32. The summed E-state index contributed by atoms with van der Waals surface area (Å²) < 4.78 is 5.54. The number of methoxy groups -OCH3 is 1. The molecule has 0 amide bonds. The van der Waals surface area contributed by atoms with E-state index in [4.69, 9.17) is 4.74 Å². The molecule has 0 atom stereocenters. The molecule has 3 aromatic carbocycles. The van der Waals surface area contributed by atoms with E-state index in [1.54, 1.807) is 7.11 Å². The summed E-state index contributed by atoms with van der Waals surface area (Å²) in [4.78, 5) is 0. The Kier molecular flexibility index (Phi) is 4.35. The van der Waals surface area contributed by atoms with E-state index in [0.717, 1.165) is 16.9 Å². The number of rotatable bonds is 4. The Hall–Kier alpha value is -2.80. The maximum atomic E-state index is 5.54. The lowest BCUT2D eigenvalue weighted by Crippen LogP contribution is -1.93. The van der Waals surface area contributed by atoms with Gasteiger partial charge in [0.1, 0.15) is 5.75 Å². The molecular formula is C21H18O. The highest BCUT2D eigenvalue weighted by atomic mass is 16.5. The monoisotopic (exact) mass is 286 g/mol. The number of benzene rings is 3. The van der Waals surface area contributed by atoms with Crippen LogP contribution in [0.2, 0.25) is 0 Å². The summed E-state index contributed by atoms with van der Waals surface area (Å²) in [6.45, 7) is 0. The van der Waals surface area contributed by atoms with E-state index in [-0.39, 0.29) is 0 Å². The Morgan fingerprint density at radius 2 is 1.32 bits per heavy atom. The summed E-state index contributed by atoms with van der Waals surface area (Å²) in [5, 5.41) is 0. The van der Waals surface area contributed by atoms with Crippen LogP contribution in [0.25, 0.3) is 11.6 Å². The van der Waals surface area contributed by atoms with Crippen molar-refractivity contribution in [1.82, 2.24) is 0 Å². The van der Waals surface area contributed by atoms with Gasteiger partial charge in [-0.1, -0.05) is 78.9 Å². The van der Waals surface area contributed by atoms with Crippen LogP contribution in [0.5, 0.6) is 5.75 Å². The summed E-state index contributed by atoms with van der Waals surface area (Å²) in [6, 6.07) is 28.9. The van der Waals surface area contributed by atoms with Gasteiger partial charge in [-0.05, 0) is 28.8 Å². The van der Waals surface area contributed by atoms with Crippen LogP contribution in [0, 0.1) is 0 Å². The lowest BCUT2D eigenvalue weighted by molar-refractivity contribution is 0.413. The van der Waals surface area contributed by atoms with Crippen molar-refractivity contribution in [3.8, 4) is 5.75 Å². The van der Waals surface area contributed by atoms with E-state index in [0.29, 0.717) is 0 Å². The van der Waals surface area contributed by atoms with Gasteiger partial charge in [-0.3, -0.25) is 0 Å². The van der Waals surface area contributed by atoms with Gasteiger partial charge in [0.05, 0.1) is 7.11 Å². The second kappa shape index (κ2) is 6.77. The van der Waals surface area contributed by atoms with Crippen molar-refractivity contribution in [3.05, 3.63) is 102 Å². The van der Waals surface area contributed by atoms with Crippen molar-refractivity contribution in [2.45, 2.75) is 0 Å². The van der Waals surface area contributed by atoms with E-state index in [1.165, 1.54) is 11.1 Å². The fourth-order valence-corrected chi connectivity index (χ4v) is 2.52. The second-order valence-electron chi connectivity index (χ2n) is 5.04. The normalized spacial score (nSPS) is 11.2. The van der Waals surface area contributed by atoms with Crippen molar-refractivity contribution in [2.75, 3.05) is 7.11 Å². The molecule has 0 bridgehead atoms. The molecule has 3 aromatic rings. The molecule has 0 N–H and O–H groups in total. The van der Waals surface area contributed by atoms with Gasteiger partial charge in [-0.25, -0.2) is 0 Å². The maximum Gasteiger partial charge on any atom is 0.126 e. The van der Waals surface area contributed by atoms with Crippen molar-refractivity contribution in [1.29, 1.82) is 0 Å². The molecule has 0 aliphatic carbocycles. The fourth-order valence-electron chi connectivity index (χ4n) is 2.52. The van der Waals surface area contributed by atoms with Crippen LogP contribution in [-0.2, 0) is 0 Å². The summed E-state index contributed by atoms with van der Waals surface area (Å²) >= 11 is 0. The second-order valence-corrected chi connectivity index (χ2v) is 5.04. The molecule has 0 heterocycles. The average molecular weight is 286 g/mol. The summed E-state index contributed by atoms with van der Waals surface area (Å²) in [5.41, 5.74) is 4.60. The third-order valence-corrected chi connectivity index (χ3v) is 3.59. The first-order valence-electron chi connectivity index (χ1n) is 7.34. The quantitative estimate of drug-likeness (QED) is 0.593. The summed E-state index contributed by atoms with van der Waals surface area (Å²) in [5.74, 6) is 0.883. The van der Waals surface area contributed by atoms with Gasteiger partial charge in [-0.15, -0.1) is 0 Å². The molecule has 0 aromatic heterocycles. The van der Waals surface area contributed by atoms with Gasteiger partial charge in [-0.2, -0.15) is 0 Å². The number of ether oxygens (including phenoxy) is 1. The first-order valence-corrected chi connectivity index (χ1v) is 7.34. The van der Waals surface area contributed by atoms with Crippen LogP contribution in [0.3, 0.4) is 0 Å². The minimum Gasteiger partial charge on any atom is -0.496 e. The van der Waals surface area contributed by atoms with Crippen LogP contribution in [0.15, 0.2) is 84.9 Å². The van der Waals surface area contributed by atoms with Crippen LogP contribution in [0.1, 0.15) is 16.7 Å². The van der Waals surface area contributed by atoms with Gasteiger partial charge in [0.25, 0.3) is 0 Å². The van der Waals surface area contributed by atoms with Gasteiger partial charge >= 0.3 is 0 Å². The average Bonchev–Trinajstić information content (AvgIpc) is 2.61. The molecule has 0 radical (unpaired) electrons. The fraction of sp³-hybridized carbons (Fsp3) is 0.0476. The molecule has 0 saturated heterocycles. The molecule has 0 saturated carbocycles. The third kappa shape index (κ3) is 3.09. The molecule has 0 aliphatic heterocycles. The molecule has 108 valence electrons. The Labute approximate surface area is 131 Å². The Bertz CT molecular complexity index is 758. The topological polar surface area (TPSA) is 9.23 Å². The number of hydrogen-bond donors (Lipinski definition) is 0. The molecule has 1 nitrogen and oxygen atoms in total. The van der Waals surface area contributed by atoms with E-state index in [1.807, 2.05) is 30.3 Å². The molecule has 22 heavy (non-hydrogen) atoms. The van der Waals surface area contributed by atoms with Crippen LogP contribution < -0.4 is 4.74 Å². The zero-order valence-electron chi connectivity index (χ0n) is 12.6. The summed E-state index contributed by atoms with van der Waals surface area (Å²) in [6.07, 6.45) is 2.20. The lowest BCUT2D eigenvalue weighted by Gasteiger charge is -2.13. The van der Waals surface area contributed by atoms with Gasteiger partial charge in [0.2, 0.25) is 0 Å². The van der Waals surface area contributed by atoms with E-state index in [9.17, 15) is 0 Å². The third-order valence-electron chi connectivity index (χ3n) is 3.59. The Morgan fingerprint density at radius 3 is 2.00 bits per heavy atom. The Morgan fingerprint density at radius 1 is 0.727 bits per heavy atom. The van der Waals surface area contributed by atoms with Crippen molar-refractivity contribution in [2.24, 2.45) is 0 Å². The highest BCUT2D eigenvalue weighted by molar-refractivity contribution is 5.93. The standard InChI is InChI=1S/C21H18O/c1-22-21-15-9-8-14-19(21)20(18-12-6-3-7-13-18)16-17-10-4-2-5-11-17/h2-16H,1H3/b20-16+. The number of hydrogen-bond acceptors (Lipinski definition) is 1. The molecule has 0 spiro atoms. The molecule has 0 unspecified atom stereocenters. The minimum absolute atomic E-state index is 0.883. The molecule has 1 heteroatoms. The predicted molar refractivity (Wildman–Crippen MR) is 92.9 cm³/mol. The van der Waals surface area contributed by atoms with Crippen molar-refractivity contribution < 1.29 is 4.74 Å². The molecular weight excluding hydrogens is 268 g/mol. The first kappa shape index (κ1) is 14.2. The predicted octanol–water partition coefficient (Wildman–Crippen LogP) is 5.28. The number of para-hydroxylation sites is 1. The van der Waals surface area contributed by atoms with Gasteiger partial charge in [0.15, 0.2) is 0 Å².